The maximum Gasteiger partial charge on any atom is 0.263 e. The Balaban J connectivity index is 2.43. The minimum Gasteiger partial charge on any atom is -0.396 e. The van der Waals surface area contributed by atoms with Crippen LogP contribution in [0.3, 0.4) is 0 Å². The SMILES string of the molecule is C#Cc1cccc(NS(=O)(=O)c2cc(N)c(F)cc2Cl)c1. The summed E-state index contributed by atoms with van der Waals surface area (Å²) in [5.41, 5.74) is 5.85. The van der Waals surface area contributed by atoms with Gasteiger partial charge in [-0.05, 0) is 30.3 Å². The normalized spacial score (nSPS) is 10.9. The van der Waals surface area contributed by atoms with Crippen molar-refractivity contribution in [1.29, 1.82) is 0 Å². The molecule has 3 N–H and O–H groups in total. The average molecular weight is 325 g/mol. The topological polar surface area (TPSA) is 72.2 Å². The van der Waals surface area contributed by atoms with Gasteiger partial charge < -0.3 is 5.73 Å². The zero-order chi connectivity index (χ0) is 15.6. The largest absolute Gasteiger partial charge is 0.396 e. The number of rotatable bonds is 3. The van der Waals surface area contributed by atoms with Crippen molar-refractivity contribution in [3.63, 3.8) is 0 Å². The predicted molar refractivity (Wildman–Crippen MR) is 81.0 cm³/mol. The van der Waals surface area contributed by atoms with E-state index in [1.807, 2.05) is 0 Å². The van der Waals surface area contributed by atoms with Crippen LogP contribution in [0.15, 0.2) is 41.3 Å². The van der Waals surface area contributed by atoms with E-state index < -0.39 is 15.8 Å². The first-order valence-electron chi connectivity index (χ1n) is 5.67. The molecule has 0 aliphatic heterocycles. The molecule has 108 valence electrons. The molecule has 0 bridgehead atoms. The summed E-state index contributed by atoms with van der Waals surface area (Å²) >= 11 is 5.76. The van der Waals surface area contributed by atoms with Gasteiger partial charge in [-0.3, -0.25) is 4.72 Å². The third kappa shape index (κ3) is 3.27. The molecule has 0 atom stereocenters. The maximum atomic E-state index is 13.2. The molecule has 2 aromatic carbocycles. The lowest BCUT2D eigenvalue weighted by molar-refractivity contribution is 0.600. The van der Waals surface area contributed by atoms with Gasteiger partial charge in [0.15, 0.2) is 0 Å². The zero-order valence-electron chi connectivity index (χ0n) is 10.6. The molecule has 0 amide bonds. The quantitative estimate of drug-likeness (QED) is 0.673. The van der Waals surface area contributed by atoms with Crippen molar-refractivity contribution in [2.45, 2.75) is 4.90 Å². The lowest BCUT2D eigenvalue weighted by atomic mass is 10.2. The first-order valence-corrected chi connectivity index (χ1v) is 7.53. The van der Waals surface area contributed by atoms with Gasteiger partial charge in [0.1, 0.15) is 10.7 Å². The van der Waals surface area contributed by atoms with E-state index in [1.54, 1.807) is 12.1 Å². The van der Waals surface area contributed by atoms with Crippen LogP contribution < -0.4 is 10.5 Å². The molecule has 4 nitrogen and oxygen atoms in total. The number of sulfonamides is 1. The molecule has 7 heteroatoms. The number of benzene rings is 2. The van der Waals surface area contributed by atoms with Crippen LogP contribution in [-0.4, -0.2) is 8.42 Å². The van der Waals surface area contributed by atoms with E-state index in [9.17, 15) is 12.8 Å². The van der Waals surface area contributed by atoms with E-state index in [2.05, 4.69) is 10.6 Å². The number of nitrogen functional groups attached to an aromatic ring is 1. The molecule has 0 saturated carbocycles. The molecule has 0 fully saturated rings. The van der Waals surface area contributed by atoms with E-state index in [-0.39, 0.29) is 21.3 Å². The van der Waals surface area contributed by atoms with Crippen LogP contribution in [0, 0.1) is 18.2 Å². The second kappa shape index (κ2) is 5.64. The highest BCUT2D eigenvalue weighted by Gasteiger charge is 2.20. The zero-order valence-corrected chi connectivity index (χ0v) is 12.2. The summed E-state index contributed by atoms with van der Waals surface area (Å²) in [5, 5.41) is -0.262. The van der Waals surface area contributed by atoms with Crippen LogP contribution >= 0.6 is 11.6 Å². The Morgan fingerprint density at radius 3 is 2.67 bits per heavy atom. The van der Waals surface area contributed by atoms with Crippen molar-refractivity contribution in [2.75, 3.05) is 10.5 Å². The van der Waals surface area contributed by atoms with Crippen LogP contribution in [0.5, 0.6) is 0 Å². The van der Waals surface area contributed by atoms with E-state index in [0.29, 0.717) is 5.56 Å². The average Bonchev–Trinajstić information content (AvgIpc) is 2.42. The predicted octanol–water partition coefficient (Wildman–Crippen LogP) is 2.84. The number of nitrogens with two attached hydrogens (primary N) is 1. The lowest BCUT2D eigenvalue weighted by Crippen LogP contribution is -2.14. The molecular formula is C14H10ClFN2O2S. The van der Waals surface area contributed by atoms with E-state index >= 15 is 0 Å². The van der Waals surface area contributed by atoms with Crippen LogP contribution in [0.25, 0.3) is 0 Å². The minimum absolute atomic E-state index is 0.262. The molecule has 0 aromatic heterocycles. The van der Waals surface area contributed by atoms with Gasteiger partial charge >= 0.3 is 0 Å². The van der Waals surface area contributed by atoms with Crippen molar-refractivity contribution >= 4 is 33.0 Å². The van der Waals surface area contributed by atoms with E-state index in [4.69, 9.17) is 23.8 Å². The maximum absolute atomic E-state index is 13.2. The smallest absolute Gasteiger partial charge is 0.263 e. The number of halogens is 2. The van der Waals surface area contributed by atoms with Crippen molar-refractivity contribution < 1.29 is 12.8 Å². The standard InChI is InChI=1S/C14H10ClFN2O2S/c1-2-9-4-3-5-10(6-9)18-21(19,20)14-8-13(17)12(16)7-11(14)15/h1,3-8,18H,17H2. The molecule has 21 heavy (non-hydrogen) atoms. The molecule has 0 aliphatic rings. The molecule has 0 radical (unpaired) electrons. The van der Waals surface area contributed by atoms with Crippen LogP contribution in [-0.2, 0) is 10.0 Å². The molecule has 0 unspecified atom stereocenters. The van der Waals surface area contributed by atoms with E-state index in [0.717, 1.165) is 12.1 Å². The van der Waals surface area contributed by atoms with Gasteiger partial charge in [-0.15, -0.1) is 6.42 Å². The summed E-state index contributed by atoms with van der Waals surface area (Å²) in [4.78, 5) is -0.311. The third-order valence-electron chi connectivity index (χ3n) is 2.62. The van der Waals surface area contributed by atoms with Crippen LogP contribution in [0.1, 0.15) is 5.56 Å². The molecular weight excluding hydrogens is 315 g/mol. The highest BCUT2D eigenvalue weighted by molar-refractivity contribution is 7.92. The lowest BCUT2D eigenvalue weighted by Gasteiger charge is -2.11. The first kappa shape index (κ1) is 15.2. The Morgan fingerprint density at radius 1 is 1.29 bits per heavy atom. The van der Waals surface area contributed by atoms with Crippen molar-refractivity contribution in [1.82, 2.24) is 0 Å². The molecule has 0 heterocycles. The molecule has 0 aliphatic carbocycles. The fourth-order valence-corrected chi connectivity index (χ4v) is 3.23. The third-order valence-corrected chi connectivity index (χ3v) is 4.47. The van der Waals surface area contributed by atoms with Gasteiger partial charge in [0.05, 0.1) is 16.4 Å². The van der Waals surface area contributed by atoms with Gasteiger partial charge in [0, 0.05) is 5.56 Å². The Bertz CT molecular complexity index is 845. The number of terminal acetylenes is 1. The summed E-state index contributed by atoms with van der Waals surface area (Å²) in [5.74, 6) is 1.61. The second-order valence-corrected chi connectivity index (χ2v) is 6.19. The summed E-state index contributed by atoms with van der Waals surface area (Å²) < 4.78 is 40.1. The molecule has 2 aromatic rings. The Morgan fingerprint density at radius 2 is 2.00 bits per heavy atom. The Labute approximate surface area is 126 Å². The van der Waals surface area contributed by atoms with Crippen LogP contribution in [0.2, 0.25) is 5.02 Å². The number of anilines is 2. The molecule has 0 saturated heterocycles. The minimum atomic E-state index is -4.01. The summed E-state index contributed by atoms with van der Waals surface area (Å²) in [6.45, 7) is 0. The van der Waals surface area contributed by atoms with Gasteiger partial charge in [0.2, 0.25) is 0 Å². The fraction of sp³-hybridized carbons (Fsp3) is 0. The monoisotopic (exact) mass is 324 g/mol. The summed E-state index contributed by atoms with van der Waals surface area (Å²) in [7, 11) is -4.01. The van der Waals surface area contributed by atoms with Gasteiger partial charge in [-0.1, -0.05) is 23.6 Å². The van der Waals surface area contributed by atoms with Gasteiger partial charge in [-0.2, -0.15) is 0 Å². The molecule has 2 rings (SSSR count). The number of hydrogen-bond donors (Lipinski definition) is 2. The van der Waals surface area contributed by atoms with E-state index in [1.165, 1.54) is 12.1 Å². The number of hydrogen-bond acceptors (Lipinski definition) is 3. The van der Waals surface area contributed by atoms with Crippen molar-refractivity contribution in [2.24, 2.45) is 0 Å². The second-order valence-electron chi connectivity index (χ2n) is 4.13. The van der Waals surface area contributed by atoms with Crippen molar-refractivity contribution in [3.8, 4) is 12.3 Å². The first-order chi connectivity index (χ1) is 9.83. The Hall–Kier alpha value is -2.23. The highest BCUT2D eigenvalue weighted by atomic mass is 35.5. The van der Waals surface area contributed by atoms with Gasteiger partial charge in [-0.25, -0.2) is 12.8 Å². The van der Waals surface area contributed by atoms with Gasteiger partial charge in [0.25, 0.3) is 10.0 Å². The van der Waals surface area contributed by atoms with Crippen LogP contribution in [0.4, 0.5) is 15.8 Å². The highest BCUT2D eigenvalue weighted by Crippen LogP contribution is 2.28. The summed E-state index contributed by atoms with van der Waals surface area (Å²) in [6.07, 6.45) is 5.25. The molecule has 0 spiro atoms. The number of nitrogens with one attached hydrogen (secondary N) is 1. The fourth-order valence-electron chi connectivity index (χ4n) is 1.63. The van der Waals surface area contributed by atoms with Crippen molar-refractivity contribution in [3.05, 3.63) is 52.8 Å². The summed E-state index contributed by atoms with van der Waals surface area (Å²) in [6, 6.07) is 8.08. The Kier molecular flexibility index (Phi) is 4.07.